The normalized spacial score (nSPS) is 14.0. The van der Waals surface area contributed by atoms with Gasteiger partial charge in [0.05, 0.1) is 24.6 Å². The summed E-state index contributed by atoms with van der Waals surface area (Å²) in [5.74, 6) is 1.25. The largest absolute Gasteiger partial charge is 0.378 e. The lowest BCUT2D eigenvalue weighted by Gasteiger charge is -2.29. The number of pyridine rings is 1. The van der Waals surface area contributed by atoms with Crippen molar-refractivity contribution in [2.75, 3.05) is 54.2 Å². The first-order valence-corrected chi connectivity index (χ1v) is 13.4. The van der Waals surface area contributed by atoms with Gasteiger partial charge in [-0.1, -0.05) is 6.07 Å². The van der Waals surface area contributed by atoms with Gasteiger partial charge in [0.1, 0.15) is 11.6 Å². The van der Waals surface area contributed by atoms with Gasteiger partial charge in [-0.2, -0.15) is 0 Å². The molecule has 1 fully saturated rings. The van der Waals surface area contributed by atoms with Crippen molar-refractivity contribution in [2.24, 2.45) is 4.99 Å². The number of amides is 3. The summed E-state index contributed by atoms with van der Waals surface area (Å²) in [4.78, 5) is 44.2. The highest BCUT2D eigenvalue weighted by atomic mass is 16.5. The fourth-order valence-electron chi connectivity index (χ4n) is 4.59. The van der Waals surface area contributed by atoms with Crippen molar-refractivity contribution in [3.63, 3.8) is 0 Å². The first kappa shape index (κ1) is 28.3. The molecule has 1 aliphatic heterocycles. The van der Waals surface area contributed by atoms with Gasteiger partial charge in [0.15, 0.2) is 5.82 Å². The van der Waals surface area contributed by atoms with Crippen LogP contribution in [0.15, 0.2) is 65.8 Å². The number of urea groups is 1. The van der Waals surface area contributed by atoms with Crippen LogP contribution in [0.1, 0.15) is 18.4 Å². The summed E-state index contributed by atoms with van der Waals surface area (Å²) < 4.78 is 5.55. The number of morpholine rings is 1. The summed E-state index contributed by atoms with van der Waals surface area (Å²) in [5.41, 5.74) is 3.55. The average Bonchev–Trinajstić information content (AvgIpc) is 3.00. The van der Waals surface area contributed by atoms with Crippen molar-refractivity contribution in [3.05, 3.63) is 66.4 Å². The molecule has 0 saturated carbocycles. The molecule has 0 aliphatic carbocycles. The van der Waals surface area contributed by atoms with Gasteiger partial charge in [0.2, 0.25) is 5.91 Å². The molecule has 4 N–H and O–H groups in total. The highest BCUT2D eigenvalue weighted by Crippen LogP contribution is 2.30. The van der Waals surface area contributed by atoms with Gasteiger partial charge in [0, 0.05) is 68.0 Å². The minimum Gasteiger partial charge on any atom is -0.378 e. The van der Waals surface area contributed by atoms with Crippen LogP contribution in [-0.2, 0) is 9.53 Å². The Labute approximate surface area is 242 Å². The van der Waals surface area contributed by atoms with Gasteiger partial charge in [-0.3, -0.25) is 15.1 Å². The highest BCUT2D eigenvalue weighted by Gasteiger charge is 2.19. The van der Waals surface area contributed by atoms with Crippen molar-refractivity contribution < 1.29 is 14.3 Å². The number of carbonyl (C=O) groups excluding carboxylic acids is 2. The molecule has 0 bridgehead atoms. The van der Waals surface area contributed by atoms with Crippen LogP contribution in [0, 0.1) is 5.41 Å². The van der Waals surface area contributed by atoms with Gasteiger partial charge in [0.25, 0.3) is 0 Å². The number of fused-ring (bicyclic) bond motifs is 1. The molecule has 1 saturated heterocycles. The lowest BCUT2D eigenvalue weighted by atomic mass is 9.99. The molecule has 12 heteroatoms. The Morgan fingerprint density at radius 3 is 2.38 bits per heavy atom. The third-order valence-corrected chi connectivity index (χ3v) is 6.61. The maximum Gasteiger partial charge on any atom is 0.324 e. The topological polar surface area (TPSA) is 158 Å². The van der Waals surface area contributed by atoms with E-state index in [0.29, 0.717) is 54.9 Å². The molecular weight excluding hydrogens is 534 g/mol. The Morgan fingerprint density at radius 1 is 1.00 bits per heavy atom. The zero-order valence-electron chi connectivity index (χ0n) is 23.3. The Bertz CT molecular complexity index is 1620. The average molecular weight is 566 g/mol. The molecular formula is C30H31N9O3. The third kappa shape index (κ3) is 6.73. The minimum absolute atomic E-state index is 0.169. The van der Waals surface area contributed by atoms with Crippen LogP contribution < -0.4 is 20.9 Å². The Hall–Kier alpha value is -5.23. The van der Waals surface area contributed by atoms with Crippen LogP contribution in [-0.4, -0.2) is 72.7 Å². The molecule has 12 nitrogen and oxygen atoms in total. The van der Waals surface area contributed by atoms with E-state index in [1.165, 1.54) is 13.1 Å². The Balaban J connectivity index is 1.38. The fraction of sp³-hybridized carbons (Fsp3) is 0.233. The molecule has 2 aromatic heterocycles. The molecule has 2 aromatic carbocycles. The predicted molar refractivity (Wildman–Crippen MR) is 165 cm³/mol. The molecule has 5 rings (SSSR count). The summed E-state index contributed by atoms with van der Waals surface area (Å²) in [6, 6.07) is 15.8. The third-order valence-electron chi connectivity index (χ3n) is 6.61. The van der Waals surface area contributed by atoms with E-state index in [-0.39, 0.29) is 11.8 Å². The Morgan fingerprint density at radius 2 is 1.74 bits per heavy atom. The van der Waals surface area contributed by atoms with Crippen LogP contribution in [0.4, 0.5) is 27.8 Å². The molecule has 3 amide bonds. The second-order valence-corrected chi connectivity index (χ2v) is 9.62. The number of hydrogen-bond acceptors (Lipinski definition) is 9. The van der Waals surface area contributed by atoms with Crippen molar-refractivity contribution in [1.29, 1.82) is 5.41 Å². The van der Waals surface area contributed by atoms with Crippen molar-refractivity contribution >= 4 is 58.3 Å². The lowest BCUT2D eigenvalue weighted by molar-refractivity contribution is -0.114. The monoisotopic (exact) mass is 565 g/mol. The number of aromatic nitrogens is 3. The van der Waals surface area contributed by atoms with Crippen LogP contribution in [0.5, 0.6) is 0 Å². The minimum atomic E-state index is -0.456. The van der Waals surface area contributed by atoms with E-state index >= 15 is 0 Å². The van der Waals surface area contributed by atoms with Gasteiger partial charge in [-0.25, -0.2) is 19.7 Å². The molecule has 0 radical (unpaired) electrons. The van der Waals surface area contributed by atoms with Gasteiger partial charge < -0.3 is 25.7 Å². The molecule has 1 unspecified atom stereocenters. The van der Waals surface area contributed by atoms with Crippen LogP contribution in [0.3, 0.4) is 0 Å². The second-order valence-electron chi connectivity index (χ2n) is 9.62. The number of hydrogen-bond donors (Lipinski definition) is 4. The maximum atomic E-state index is 12.5. The van der Waals surface area contributed by atoms with E-state index in [1.807, 2.05) is 24.3 Å². The van der Waals surface area contributed by atoms with E-state index in [1.54, 1.807) is 49.8 Å². The molecule has 0 spiro atoms. The molecule has 42 heavy (non-hydrogen) atoms. The molecule has 1 aliphatic rings. The number of benzene rings is 2. The van der Waals surface area contributed by atoms with Crippen molar-refractivity contribution in [2.45, 2.75) is 12.8 Å². The van der Waals surface area contributed by atoms with E-state index in [4.69, 9.17) is 20.1 Å². The van der Waals surface area contributed by atoms with Gasteiger partial charge in [-0.05, 0) is 54.1 Å². The van der Waals surface area contributed by atoms with Crippen molar-refractivity contribution in [3.8, 4) is 11.4 Å². The van der Waals surface area contributed by atoms with Crippen LogP contribution in [0.25, 0.3) is 22.3 Å². The number of anilines is 4. The molecule has 214 valence electrons. The SMILES string of the molecule is CN=CC(C=N)c1ccc2c(N3CCOCC3)nc(-c3ccc(NC(=O)Nc4ccc(NC(C)=O)cc4)nc3)nc2c1. The molecule has 3 heterocycles. The number of nitrogens with zero attached hydrogens (tertiary/aromatic N) is 5. The van der Waals surface area contributed by atoms with Gasteiger partial charge in [-0.15, -0.1) is 0 Å². The number of carbonyl (C=O) groups is 2. The van der Waals surface area contributed by atoms with E-state index in [0.717, 1.165) is 22.3 Å². The second kappa shape index (κ2) is 13.0. The summed E-state index contributed by atoms with van der Waals surface area (Å²) >= 11 is 0. The van der Waals surface area contributed by atoms with E-state index in [2.05, 4.69) is 30.8 Å². The smallest absolute Gasteiger partial charge is 0.324 e. The van der Waals surface area contributed by atoms with E-state index < -0.39 is 6.03 Å². The zero-order valence-corrected chi connectivity index (χ0v) is 23.3. The maximum absolute atomic E-state index is 12.5. The van der Waals surface area contributed by atoms with Gasteiger partial charge >= 0.3 is 6.03 Å². The van der Waals surface area contributed by atoms with Crippen molar-refractivity contribution in [1.82, 2.24) is 15.0 Å². The number of ether oxygens (including phenoxy) is 1. The predicted octanol–water partition coefficient (Wildman–Crippen LogP) is 4.56. The quantitative estimate of drug-likeness (QED) is 0.228. The van der Waals surface area contributed by atoms with E-state index in [9.17, 15) is 9.59 Å². The standard InChI is InChI=1S/C30H31N9O3/c1-19(40)34-23-5-7-24(8-6-23)35-30(41)37-27-10-4-21(18-33-27)28-36-26-15-20(22(16-31)17-32-2)3-9-25(26)29(38-28)39-11-13-42-14-12-39/h3-10,15-18,22,31H,11-14H2,1-2H3,(H,34,40)(H2,33,35,37,41). The summed E-state index contributed by atoms with van der Waals surface area (Å²) in [6.45, 7) is 4.09. The highest BCUT2D eigenvalue weighted by molar-refractivity contribution is 5.99. The van der Waals surface area contributed by atoms with Crippen LogP contribution in [0.2, 0.25) is 0 Å². The Kier molecular flexibility index (Phi) is 8.73. The first-order valence-electron chi connectivity index (χ1n) is 13.4. The molecule has 1 atom stereocenters. The summed E-state index contributed by atoms with van der Waals surface area (Å²) in [7, 11) is 1.69. The fourth-order valence-corrected chi connectivity index (χ4v) is 4.59. The number of nitrogens with one attached hydrogen (secondary N) is 4. The zero-order chi connectivity index (χ0) is 29.5. The number of aliphatic imine (C=N–C) groups is 1. The van der Waals surface area contributed by atoms with Crippen LogP contribution >= 0.6 is 0 Å². The lowest BCUT2D eigenvalue weighted by Crippen LogP contribution is -2.37. The summed E-state index contributed by atoms with van der Waals surface area (Å²) in [5, 5.41) is 16.9. The number of rotatable bonds is 8. The first-order chi connectivity index (χ1) is 20.4. The summed E-state index contributed by atoms with van der Waals surface area (Å²) in [6.07, 6.45) is 4.70. The molecule has 4 aromatic rings.